The molecule has 0 unspecified atom stereocenters. The van der Waals surface area contributed by atoms with Gasteiger partial charge in [0.2, 0.25) is 5.96 Å². The maximum Gasteiger partial charge on any atom is 0.414 e. The van der Waals surface area contributed by atoms with Gasteiger partial charge < -0.3 is 18.9 Å². The van der Waals surface area contributed by atoms with Gasteiger partial charge >= 0.3 is 18.3 Å². The molecule has 46 heavy (non-hydrogen) atoms. The number of rotatable bonds is 10. The maximum atomic E-state index is 15.4. The summed E-state index contributed by atoms with van der Waals surface area (Å²) in [4.78, 5) is 42.9. The molecule has 1 aliphatic rings. The fourth-order valence-electron chi connectivity index (χ4n) is 4.62. The number of alkyl carbamates (subject to hydrolysis) is 2. The predicted octanol–water partition coefficient (Wildman–Crippen LogP) is 5.99. The van der Waals surface area contributed by atoms with Crippen molar-refractivity contribution in [1.82, 2.24) is 15.5 Å². The normalized spacial score (nSPS) is 15.4. The van der Waals surface area contributed by atoms with Crippen molar-refractivity contribution in [3.05, 3.63) is 108 Å². The Hall–Kier alpha value is -5.04. The van der Waals surface area contributed by atoms with Crippen molar-refractivity contribution in [2.24, 2.45) is 4.99 Å². The number of guanidine groups is 1. The van der Waals surface area contributed by atoms with E-state index in [0.29, 0.717) is 11.1 Å². The average molecular weight is 639 g/mol. The zero-order valence-corrected chi connectivity index (χ0v) is 25.5. The molecule has 0 saturated carbocycles. The first-order valence-corrected chi connectivity index (χ1v) is 14.5. The molecule has 13 heteroatoms. The largest absolute Gasteiger partial charge is 0.444 e. The van der Waals surface area contributed by atoms with Crippen molar-refractivity contribution in [3.8, 4) is 0 Å². The highest BCUT2D eigenvalue weighted by Gasteiger charge is 2.48. The number of carbonyl (C=O) groups excluding carboxylic acids is 3. The number of amides is 3. The smallest absolute Gasteiger partial charge is 0.414 e. The lowest BCUT2D eigenvalue weighted by Gasteiger charge is -2.33. The zero-order chi connectivity index (χ0) is 33.0. The molecule has 3 aromatic carbocycles. The molecule has 0 aliphatic carbocycles. The minimum absolute atomic E-state index is 0.0406. The molecule has 4 rings (SSSR count). The van der Waals surface area contributed by atoms with Crippen LogP contribution in [0.3, 0.4) is 0 Å². The second-order valence-electron chi connectivity index (χ2n) is 10.9. The number of carbonyl (C=O) groups is 3. The van der Waals surface area contributed by atoms with E-state index in [1.54, 1.807) is 98.8 Å². The van der Waals surface area contributed by atoms with E-state index in [1.807, 2.05) is 6.07 Å². The highest BCUT2D eigenvalue weighted by atomic mass is 19.3. The molecular weight excluding hydrogens is 602 g/mol. The fraction of sp³-hybridized carbons (Fsp3) is 0.333. The van der Waals surface area contributed by atoms with Crippen LogP contribution in [0, 0.1) is 0 Å². The molecule has 11 nitrogen and oxygen atoms in total. The van der Waals surface area contributed by atoms with E-state index in [0.717, 1.165) is 10.5 Å². The van der Waals surface area contributed by atoms with E-state index in [1.165, 1.54) is 0 Å². The summed E-state index contributed by atoms with van der Waals surface area (Å²) in [6, 6.07) is 25.5. The van der Waals surface area contributed by atoms with Gasteiger partial charge in [-0.05, 0) is 30.5 Å². The first-order chi connectivity index (χ1) is 22.0. The van der Waals surface area contributed by atoms with Crippen LogP contribution in [-0.2, 0) is 38.8 Å². The number of nitrogens with zero attached hydrogens (tertiary/aromatic N) is 2. The quantitative estimate of drug-likeness (QED) is 0.159. The predicted molar refractivity (Wildman–Crippen MR) is 164 cm³/mol. The van der Waals surface area contributed by atoms with Crippen molar-refractivity contribution in [1.29, 1.82) is 0 Å². The highest BCUT2D eigenvalue weighted by Crippen LogP contribution is 2.34. The van der Waals surface area contributed by atoms with Crippen LogP contribution in [0.2, 0.25) is 0 Å². The molecule has 2 N–H and O–H groups in total. The highest BCUT2D eigenvalue weighted by molar-refractivity contribution is 6.01. The third-order valence-electron chi connectivity index (χ3n) is 6.85. The van der Waals surface area contributed by atoms with Gasteiger partial charge in [-0.25, -0.2) is 28.2 Å². The first kappa shape index (κ1) is 33.8. The summed E-state index contributed by atoms with van der Waals surface area (Å²) >= 11 is 0. The van der Waals surface area contributed by atoms with Crippen molar-refractivity contribution < 1.29 is 42.1 Å². The van der Waals surface area contributed by atoms with E-state index < -0.39 is 54.9 Å². The van der Waals surface area contributed by atoms with Gasteiger partial charge in [0.1, 0.15) is 32.1 Å². The number of benzene rings is 3. The molecule has 0 radical (unpaired) electrons. The summed E-state index contributed by atoms with van der Waals surface area (Å²) in [5, 5.41) is 4.38. The van der Waals surface area contributed by atoms with Crippen LogP contribution >= 0.6 is 0 Å². The molecule has 0 aromatic heterocycles. The SMILES string of the molecule is CC1(C)OC[C@H](CC(F)(F)CN=C(NC(=O)OCc2ccccc2)NC(=O)OCc2ccccc2)N1C(=O)OCc1ccccc1. The number of aliphatic imine (C=N–C) groups is 1. The van der Waals surface area contributed by atoms with E-state index in [9.17, 15) is 14.4 Å². The van der Waals surface area contributed by atoms with Gasteiger partial charge in [-0.3, -0.25) is 15.5 Å². The van der Waals surface area contributed by atoms with Gasteiger partial charge in [0, 0.05) is 6.42 Å². The Labute approximate surface area is 265 Å². The number of hydrogen-bond acceptors (Lipinski definition) is 8. The van der Waals surface area contributed by atoms with Crippen molar-refractivity contribution >= 4 is 24.2 Å². The molecule has 1 heterocycles. The van der Waals surface area contributed by atoms with Gasteiger partial charge in [0.15, 0.2) is 0 Å². The van der Waals surface area contributed by atoms with E-state index in [4.69, 9.17) is 18.9 Å². The summed E-state index contributed by atoms with van der Waals surface area (Å²) < 4.78 is 52.1. The van der Waals surface area contributed by atoms with Gasteiger partial charge in [0.05, 0.1) is 12.6 Å². The number of nitrogens with one attached hydrogen (secondary N) is 2. The topological polar surface area (TPSA) is 128 Å². The lowest BCUT2D eigenvalue weighted by atomic mass is 10.1. The second-order valence-corrected chi connectivity index (χ2v) is 10.9. The number of halogens is 2. The van der Waals surface area contributed by atoms with Crippen LogP contribution in [0.1, 0.15) is 37.0 Å². The summed E-state index contributed by atoms with van der Waals surface area (Å²) in [6.07, 6.45) is -3.70. The molecule has 1 saturated heterocycles. The van der Waals surface area contributed by atoms with Crippen molar-refractivity contribution in [3.63, 3.8) is 0 Å². The van der Waals surface area contributed by atoms with Crippen LogP contribution in [0.5, 0.6) is 0 Å². The fourth-order valence-corrected chi connectivity index (χ4v) is 4.62. The van der Waals surface area contributed by atoms with Crippen LogP contribution in [0.4, 0.5) is 23.2 Å². The summed E-state index contributed by atoms with van der Waals surface area (Å²) in [6.45, 7) is 1.60. The molecule has 3 amide bonds. The number of hydrogen-bond donors (Lipinski definition) is 2. The van der Waals surface area contributed by atoms with Crippen LogP contribution in [-0.4, -0.2) is 60.0 Å². The lowest BCUT2D eigenvalue weighted by molar-refractivity contribution is -0.0564. The Kier molecular flexibility index (Phi) is 11.6. The monoisotopic (exact) mass is 638 g/mol. The molecular formula is C33H36F2N4O7. The third kappa shape index (κ3) is 10.5. The third-order valence-corrected chi connectivity index (χ3v) is 6.85. The molecule has 244 valence electrons. The zero-order valence-electron chi connectivity index (χ0n) is 25.5. The van der Waals surface area contributed by atoms with Crippen molar-refractivity contribution in [2.75, 3.05) is 13.2 Å². The summed E-state index contributed by atoms with van der Waals surface area (Å²) in [7, 11) is 0. The Balaban J connectivity index is 1.40. The van der Waals surface area contributed by atoms with Gasteiger partial charge in [-0.1, -0.05) is 91.0 Å². The Morgan fingerprint density at radius 3 is 1.70 bits per heavy atom. The number of ether oxygens (including phenoxy) is 4. The molecule has 0 spiro atoms. The van der Waals surface area contributed by atoms with E-state index in [-0.39, 0.29) is 26.4 Å². The molecule has 3 aromatic rings. The number of alkyl halides is 2. The first-order valence-electron chi connectivity index (χ1n) is 14.5. The van der Waals surface area contributed by atoms with Gasteiger partial charge in [-0.15, -0.1) is 0 Å². The van der Waals surface area contributed by atoms with Gasteiger partial charge in [-0.2, -0.15) is 0 Å². The maximum absolute atomic E-state index is 15.4. The summed E-state index contributed by atoms with van der Waals surface area (Å²) in [5.74, 6) is -4.10. The van der Waals surface area contributed by atoms with E-state index >= 15 is 8.78 Å². The Morgan fingerprint density at radius 1 is 0.804 bits per heavy atom. The van der Waals surface area contributed by atoms with E-state index in [2.05, 4.69) is 15.6 Å². The summed E-state index contributed by atoms with van der Waals surface area (Å²) in [5.41, 5.74) is 0.914. The van der Waals surface area contributed by atoms with Crippen molar-refractivity contribution in [2.45, 2.75) is 57.8 Å². The molecule has 1 aliphatic heterocycles. The Bertz CT molecular complexity index is 1420. The van der Waals surface area contributed by atoms with Crippen LogP contribution in [0.25, 0.3) is 0 Å². The van der Waals surface area contributed by atoms with Gasteiger partial charge in [0.25, 0.3) is 5.92 Å². The molecule has 0 bridgehead atoms. The second kappa shape index (κ2) is 15.8. The Morgan fingerprint density at radius 2 is 1.24 bits per heavy atom. The molecule has 1 atom stereocenters. The van der Waals surface area contributed by atoms with Crippen LogP contribution in [0.15, 0.2) is 96.0 Å². The minimum Gasteiger partial charge on any atom is -0.444 e. The standard InChI is InChI=1S/C33H36F2N4O7/c1-32(2)39(31(42)45-21-26-16-10-5-11-17-26)27(22-46-32)18-33(34,35)23-36-28(37-29(40)43-19-24-12-6-3-7-13-24)38-30(41)44-20-25-14-8-4-9-15-25/h3-17,27H,18-23H2,1-2H3,(H2,36,37,38,40,41)/t27-/m0/s1. The molecule has 1 fully saturated rings. The van der Waals surface area contributed by atoms with Crippen LogP contribution < -0.4 is 10.6 Å². The lowest BCUT2D eigenvalue weighted by Crippen LogP contribution is -2.50. The minimum atomic E-state index is -3.50. The average Bonchev–Trinajstić information content (AvgIpc) is 3.34.